The summed E-state index contributed by atoms with van der Waals surface area (Å²) >= 11 is 0. The van der Waals surface area contributed by atoms with Crippen molar-refractivity contribution in [3.63, 3.8) is 0 Å². The molecule has 2 aliphatic carbocycles. The van der Waals surface area contributed by atoms with Gasteiger partial charge in [0.15, 0.2) is 5.82 Å². The molecule has 0 N–H and O–H groups in total. The molecule has 11 rings (SSSR count). The van der Waals surface area contributed by atoms with E-state index in [0.717, 1.165) is 33.9 Å². The van der Waals surface area contributed by atoms with Crippen molar-refractivity contribution in [3.8, 4) is 67.3 Å². The monoisotopic (exact) mass is 716 g/mol. The minimum absolute atomic E-state index is 0.102. The van der Waals surface area contributed by atoms with Crippen molar-refractivity contribution in [1.82, 2.24) is 9.97 Å². The Kier molecular flexibility index (Phi) is 6.98. The number of nitrogens with zero attached hydrogens (tertiary/aromatic N) is 2. The number of benzene rings is 8. The molecule has 0 radical (unpaired) electrons. The maximum atomic E-state index is 5.32. The van der Waals surface area contributed by atoms with E-state index in [2.05, 4.69) is 191 Å². The third-order valence-corrected chi connectivity index (χ3v) is 12.7. The van der Waals surface area contributed by atoms with Gasteiger partial charge in [-0.25, -0.2) is 9.97 Å². The van der Waals surface area contributed by atoms with Gasteiger partial charge in [-0.3, -0.25) is 0 Å². The van der Waals surface area contributed by atoms with Gasteiger partial charge in [0.2, 0.25) is 0 Å². The summed E-state index contributed by atoms with van der Waals surface area (Å²) in [6.45, 7) is 9.43. The van der Waals surface area contributed by atoms with Crippen LogP contribution in [0.25, 0.3) is 88.8 Å². The molecular weight excluding hydrogens is 677 g/mol. The van der Waals surface area contributed by atoms with Crippen LogP contribution in [0.5, 0.6) is 0 Å². The number of hydrogen-bond donors (Lipinski definition) is 0. The van der Waals surface area contributed by atoms with E-state index < -0.39 is 0 Å². The topological polar surface area (TPSA) is 25.8 Å². The number of rotatable bonds is 4. The maximum absolute atomic E-state index is 5.32. The van der Waals surface area contributed by atoms with Crippen LogP contribution in [0.2, 0.25) is 0 Å². The normalized spacial score (nSPS) is 14.4. The highest BCUT2D eigenvalue weighted by Crippen LogP contribution is 2.54. The van der Waals surface area contributed by atoms with Crippen molar-refractivity contribution in [2.75, 3.05) is 0 Å². The highest BCUT2D eigenvalue weighted by atomic mass is 14.9. The van der Waals surface area contributed by atoms with Gasteiger partial charge in [0.05, 0.1) is 11.4 Å². The van der Waals surface area contributed by atoms with E-state index in [4.69, 9.17) is 9.97 Å². The molecule has 0 unspecified atom stereocenters. The second-order valence-corrected chi connectivity index (χ2v) is 16.5. The fourth-order valence-electron chi connectivity index (χ4n) is 9.95. The van der Waals surface area contributed by atoms with Crippen molar-refractivity contribution in [2.24, 2.45) is 0 Å². The molecule has 8 aromatic carbocycles. The SMILES string of the molecule is CC1(C)c2ccccc2-c2c(-c3cc(-c4ccc(-c5ccc6c(c5)C(C)(C)c5c-6ccc6ccccc56)c5ccccc45)nc(-c4ccccc4)n3)cccc21. The molecule has 0 fully saturated rings. The van der Waals surface area contributed by atoms with Gasteiger partial charge in [0, 0.05) is 27.5 Å². The van der Waals surface area contributed by atoms with Gasteiger partial charge >= 0.3 is 0 Å². The first-order valence-corrected chi connectivity index (χ1v) is 19.7. The van der Waals surface area contributed by atoms with E-state index in [1.807, 2.05) is 6.07 Å². The Bertz CT molecular complexity index is 3080. The van der Waals surface area contributed by atoms with Crippen LogP contribution < -0.4 is 0 Å². The smallest absolute Gasteiger partial charge is 0.160 e. The van der Waals surface area contributed by atoms with Crippen LogP contribution in [0, 0.1) is 0 Å². The standard InChI is InChI=1S/C54H40N2/c1-53(2)45-23-13-12-21-43(45)50-44(22-14-24-46(50)53)49-32-48(55-52(56-49)34-16-6-5-7-17-34)41-30-29-36(38-19-10-11-20-39(38)41)35-26-27-40-42-28-25-33-15-8-9-18-37(33)51(42)54(3,4)47(40)31-35/h5-32H,1-4H3. The van der Waals surface area contributed by atoms with E-state index in [9.17, 15) is 0 Å². The zero-order chi connectivity index (χ0) is 37.8. The van der Waals surface area contributed by atoms with Crippen molar-refractivity contribution >= 4 is 21.5 Å². The molecule has 56 heavy (non-hydrogen) atoms. The van der Waals surface area contributed by atoms with Gasteiger partial charge in [-0.1, -0.05) is 185 Å². The molecule has 0 saturated carbocycles. The quantitative estimate of drug-likeness (QED) is 0.181. The predicted molar refractivity (Wildman–Crippen MR) is 234 cm³/mol. The highest BCUT2D eigenvalue weighted by Gasteiger charge is 2.38. The first kappa shape index (κ1) is 32.8. The number of hydrogen-bond acceptors (Lipinski definition) is 2. The Hall–Kier alpha value is -6.64. The van der Waals surface area contributed by atoms with E-state index in [0.29, 0.717) is 0 Å². The number of aromatic nitrogens is 2. The zero-order valence-corrected chi connectivity index (χ0v) is 32.1. The van der Waals surface area contributed by atoms with Crippen LogP contribution in [-0.4, -0.2) is 9.97 Å². The van der Waals surface area contributed by atoms with Crippen LogP contribution in [0.4, 0.5) is 0 Å². The van der Waals surface area contributed by atoms with Crippen LogP contribution in [0.15, 0.2) is 170 Å². The zero-order valence-electron chi connectivity index (χ0n) is 32.1. The lowest BCUT2D eigenvalue weighted by Gasteiger charge is -2.24. The molecule has 266 valence electrons. The summed E-state index contributed by atoms with van der Waals surface area (Å²) in [4.78, 5) is 10.6. The van der Waals surface area contributed by atoms with Gasteiger partial charge in [-0.2, -0.15) is 0 Å². The summed E-state index contributed by atoms with van der Waals surface area (Å²) in [7, 11) is 0. The first-order valence-electron chi connectivity index (χ1n) is 19.7. The second kappa shape index (κ2) is 11.9. The van der Waals surface area contributed by atoms with E-state index >= 15 is 0 Å². The minimum atomic E-state index is -0.129. The molecule has 2 nitrogen and oxygen atoms in total. The van der Waals surface area contributed by atoms with Crippen LogP contribution in [-0.2, 0) is 10.8 Å². The molecule has 1 aromatic heterocycles. The van der Waals surface area contributed by atoms with Crippen molar-refractivity contribution in [2.45, 2.75) is 38.5 Å². The van der Waals surface area contributed by atoms with Gasteiger partial charge in [-0.15, -0.1) is 0 Å². The number of fused-ring (bicyclic) bond motifs is 9. The molecule has 1 heterocycles. The summed E-state index contributed by atoms with van der Waals surface area (Å²) in [6, 6.07) is 62.0. The minimum Gasteiger partial charge on any atom is -0.228 e. The lowest BCUT2D eigenvalue weighted by molar-refractivity contribution is 0.660. The molecule has 2 aliphatic rings. The van der Waals surface area contributed by atoms with E-state index in [1.165, 1.54) is 77.2 Å². The molecule has 0 saturated heterocycles. The Morgan fingerprint density at radius 3 is 1.79 bits per heavy atom. The summed E-state index contributed by atoms with van der Waals surface area (Å²) < 4.78 is 0. The largest absolute Gasteiger partial charge is 0.228 e. The van der Waals surface area contributed by atoms with Gasteiger partial charge < -0.3 is 0 Å². The van der Waals surface area contributed by atoms with Crippen molar-refractivity contribution in [3.05, 3.63) is 192 Å². The lowest BCUT2D eigenvalue weighted by atomic mass is 9.79. The van der Waals surface area contributed by atoms with Gasteiger partial charge in [-0.05, 0) is 89.3 Å². The molecular formula is C54H40N2. The Labute approximate surface area is 328 Å². The highest BCUT2D eigenvalue weighted by molar-refractivity contribution is 6.06. The average molecular weight is 717 g/mol. The molecule has 0 aliphatic heterocycles. The summed E-state index contributed by atoms with van der Waals surface area (Å²) in [5.41, 5.74) is 18.0. The Morgan fingerprint density at radius 2 is 0.964 bits per heavy atom. The third kappa shape index (κ3) is 4.69. The predicted octanol–water partition coefficient (Wildman–Crippen LogP) is 14.1. The molecule has 9 aromatic rings. The molecule has 0 spiro atoms. The molecule has 2 heteroatoms. The van der Waals surface area contributed by atoms with Gasteiger partial charge in [0.25, 0.3) is 0 Å². The summed E-state index contributed by atoms with van der Waals surface area (Å²) in [5, 5.41) is 5.02. The first-order chi connectivity index (χ1) is 27.3. The molecule has 0 amide bonds. The van der Waals surface area contributed by atoms with E-state index in [1.54, 1.807) is 0 Å². The fraction of sp³-hybridized carbons (Fsp3) is 0.111. The van der Waals surface area contributed by atoms with Crippen molar-refractivity contribution < 1.29 is 0 Å². The van der Waals surface area contributed by atoms with Crippen LogP contribution in [0.3, 0.4) is 0 Å². The fourth-order valence-corrected chi connectivity index (χ4v) is 9.95. The van der Waals surface area contributed by atoms with Crippen LogP contribution in [0.1, 0.15) is 49.9 Å². The summed E-state index contributed by atoms with van der Waals surface area (Å²) in [6.07, 6.45) is 0. The van der Waals surface area contributed by atoms with E-state index in [-0.39, 0.29) is 10.8 Å². The third-order valence-electron chi connectivity index (χ3n) is 12.7. The Morgan fingerprint density at radius 1 is 0.357 bits per heavy atom. The van der Waals surface area contributed by atoms with Gasteiger partial charge in [0.1, 0.15) is 0 Å². The van der Waals surface area contributed by atoms with Crippen LogP contribution >= 0.6 is 0 Å². The molecule has 0 atom stereocenters. The Balaban J connectivity index is 1.09. The summed E-state index contributed by atoms with van der Waals surface area (Å²) in [5.74, 6) is 0.724. The average Bonchev–Trinajstić information content (AvgIpc) is 3.63. The maximum Gasteiger partial charge on any atom is 0.160 e. The second-order valence-electron chi connectivity index (χ2n) is 16.5. The molecule has 0 bridgehead atoms. The lowest BCUT2D eigenvalue weighted by Crippen LogP contribution is -2.15. The van der Waals surface area contributed by atoms with Crippen molar-refractivity contribution in [1.29, 1.82) is 0 Å².